The lowest BCUT2D eigenvalue weighted by Crippen LogP contribution is -2.46. The van der Waals surface area contributed by atoms with Crippen molar-refractivity contribution in [1.82, 2.24) is 25.2 Å². The fourth-order valence-corrected chi connectivity index (χ4v) is 4.77. The highest BCUT2D eigenvalue weighted by molar-refractivity contribution is 6.17. The molecule has 1 aromatic carbocycles. The second-order valence-corrected chi connectivity index (χ2v) is 8.63. The predicted molar refractivity (Wildman–Crippen MR) is 131 cm³/mol. The summed E-state index contributed by atoms with van der Waals surface area (Å²) in [6.07, 6.45) is 1.41. The molecule has 0 aliphatic carbocycles. The number of hydrogen-bond donors (Lipinski definition) is 2. The van der Waals surface area contributed by atoms with Gasteiger partial charge in [0.15, 0.2) is 5.82 Å². The fraction of sp³-hybridized carbons (Fsp3) is 0.375. The Morgan fingerprint density at radius 2 is 1.97 bits per heavy atom. The number of carbonyl (C=O) groups excluding carboxylic acids is 2. The molecule has 0 unspecified atom stereocenters. The number of urea groups is 1. The Labute approximate surface area is 202 Å². The Bertz CT molecular complexity index is 1320. The van der Waals surface area contributed by atoms with E-state index in [0.29, 0.717) is 41.1 Å². The van der Waals surface area contributed by atoms with Gasteiger partial charge in [-0.3, -0.25) is 14.6 Å². The molecule has 0 atom stereocenters. The smallest absolute Gasteiger partial charge is 0.327 e. The lowest BCUT2D eigenvalue weighted by molar-refractivity contribution is 0.0958. The van der Waals surface area contributed by atoms with Crippen molar-refractivity contribution in [3.63, 3.8) is 0 Å². The van der Waals surface area contributed by atoms with Crippen LogP contribution in [0.3, 0.4) is 0 Å². The summed E-state index contributed by atoms with van der Waals surface area (Å²) in [4.78, 5) is 43.2. The minimum atomic E-state index is -0.440. The Balaban J connectivity index is 1.34. The van der Waals surface area contributed by atoms with E-state index < -0.39 is 11.8 Å². The predicted octanol–water partition coefficient (Wildman–Crippen LogP) is 2.53. The third-order valence-corrected chi connectivity index (χ3v) is 6.59. The summed E-state index contributed by atoms with van der Waals surface area (Å²) in [5.41, 5.74) is 3.43. The van der Waals surface area contributed by atoms with Crippen LogP contribution in [0.1, 0.15) is 28.7 Å². The van der Waals surface area contributed by atoms with Gasteiger partial charge in [-0.25, -0.2) is 24.1 Å². The molecule has 0 saturated carbocycles. The maximum absolute atomic E-state index is 15.5. The number of hydrogen-bond acceptors (Lipinski definition) is 7. The third-order valence-electron chi connectivity index (χ3n) is 6.59. The van der Waals surface area contributed by atoms with Gasteiger partial charge in [-0.2, -0.15) is 0 Å². The molecule has 1 saturated heterocycles. The largest absolute Gasteiger partial charge is 0.368 e. The van der Waals surface area contributed by atoms with Crippen molar-refractivity contribution in [2.24, 2.45) is 0 Å². The zero-order chi connectivity index (χ0) is 24.7. The molecule has 4 heterocycles. The third kappa shape index (κ3) is 4.01. The molecular weight excluding hydrogens is 451 g/mol. The number of aryl methyl sites for hydroxylation is 1. The van der Waals surface area contributed by atoms with Gasteiger partial charge < -0.3 is 15.5 Å². The summed E-state index contributed by atoms with van der Waals surface area (Å²) < 4.78 is 15.5. The molecule has 5 rings (SSSR count). The number of pyridine rings is 1. The molecule has 10 nitrogen and oxygen atoms in total. The van der Waals surface area contributed by atoms with Gasteiger partial charge in [0.1, 0.15) is 17.8 Å². The second kappa shape index (κ2) is 9.06. The van der Waals surface area contributed by atoms with Crippen molar-refractivity contribution >= 4 is 40.0 Å². The van der Waals surface area contributed by atoms with Crippen LogP contribution in [-0.4, -0.2) is 71.6 Å². The minimum Gasteiger partial charge on any atom is -0.368 e. The Morgan fingerprint density at radius 3 is 2.66 bits per heavy atom. The SMILES string of the molecule is CCN1C(=O)Nc2c(F)c(CN3CCN(c4ccc(C(=O)NC)nc4C)CC3)cc3ncnc1c23. The van der Waals surface area contributed by atoms with Gasteiger partial charge >= 0.3 is 6.03 Å². The number of rotatable bonds is 5. The summed E-state index contributed by atoms with van der Waals surface area (Å²) in [6.45, 7) is 7.53. The van der Waals surface area contributed by atoms with E-state index in [4.69, 9.17) is 0 Å². The molecule has 2 aromatic heterocycles. The molecule has 0 radical (unpaired) electrons. The maximum atomic E-state index is 15.5. The first-order chi connectivity index (χ1) is 16.9. The van der Waals surface area contributed by atoms with E-state index in [1.54, 1.807) is 19.2 Å². The summed E-state index contributed by atoms with van der Waals surface area (Å²) in [6, 6.07) is 5.02. The monoisotopic (exact) mass is 478 g/mol. The number of halogens is 1. The molecule has 3 amide bonds. The van der Waals surface area contributed by atoms with Crippen molar-refractivity contribution < 1.29 is 14.0 Å². The van der Waals surface area contributed by atoms with E-state index in [1.165, 1.54) is 11.2 Å². The van der Waals surface area contributed by atoms with Crippen LogP contribution in [0.4, 0.5) is 26.4 Å². The van der Waals surface area contributed by atoms with Gasteiger partial charge in [0.2, 0.25) is 0 Å². The second-order valence-electron chi connectivity index (χ2n) is 8.63. The maximum Gasteiger partial charge on any atom is 0.327 e. The van der Waals surface area contributed by atoms with Gasteiger partial charge in [-0.05, 0) is 32.0 Å². The fourth-order valence-electron chi connectivity index (χ4n) is 4.77. The normalized spacial score (nSPS) is 15.9. The number of amides is 3. The standard InChI is InChI=1S/C24H27FN8O2/c1-4-33-22-19-17(27-13-28-22)11-15(20(25)21(19)30-24(33)35)12-31-7-9-32(10-8-31)18-6-5-16(23(34)26-3)29-14(18)2/h5-6,11,13H,4,7-10,12H2,1-3H3,(H,26,34)(H,30,35). The van der Waals surface area contributed by atoms with E-state index in [-0.39, 0.29) is 11.6 Å². The molecule has 2 aliphatic rings. The quantitative estimate of drug-likeness (QED) is 0.580. The van der Waals surface area contributed by atoms with Gasteiger partial charge in [-0.15, -0.1) is 0 Å². The Kier molecular flexibility index (Phi) is 5.93. The van der Waals surface area contributed by atoms with E-state index in [2.05, 4.69) is 35.4 Å². The minimum absolute atomic E-state index is 0.152. The number of nitrogens with zero attached hydrogens (tertiary/aromatic N) is 6. The molecule has 3 aromatic rings. The van der Waals surface area contributed by atoms with Gasteiger partial charge in [-0.1, -0.05) is 0 Å². The first-order valence-electron chi connectivity index (χ1n) is 11.6. The number of benzene rings is 1. The van der Waals surface area contributed by atoms with Crippen molar-refractivity contribution in [3.05, 3.63) is 47.3 Å². The summed E-state index contributed by atoms with van der Waals surface area (Å²) in [5, 5.41) is 5.81. The lowest BCUT2D eigenvalue weighted by atomic mass is 10.1. The number of carbonyl (C=O) groups is 2. The molecule has 1 fully saturated rings. The number of aromatic nitrogens is 3. The molecule has 0 bridgehead atoms. The van der Waals surface area contributed by atoms with E-state index >= 15 is 4.39 Å². The topological polar surface area (TPSA) is 107 Å². The summed E-state index contributed by atoms with van der Waals surface area (Å²) in [5.74, 6) is -0.219. The molecule has 35 heavy (non-hydrogen) atoms. The summed E-state index contributed by atoms with van der Waals surface area (Å²) >= 11 is 0. The van der Waals surface area contributed by atoms with Gasteiger partial charge in [0.25, 0.3) is 5.91 Å². The first kappa shape index (κ1) is 22.9. The number of anilines is 3. The van der Waals surface area contributed by atoms with Crippen LogP contribution in [0.2, 0.25) is 0 Å². The average molecular weight is 479 g/mol. The molecule has 2 aliphatic heterocycles. The molecule has 2 N–H and O–H groups in total. The highest BCUT2D eigenvalue weighted by Gasteiger charge is 2.30. The van der Waals surface area contributed by atoms with Crippen LogP contribution in [0.15, 0.2) is 24.5 Å². The van der Waals surface area contributed by atoms with Gasteiger partial charge in [0.05, 0.1) is 28.0 Å². The van der Waals surface area contributed by atoms with Crippen LogP contribution in [0.5, 0.6) is 0 Å². The van der Waals surface area contributed by atoms with Crippen LogP contribution in [-0.2, 0) is 6.54 Å². The van der Waals surface area contributed by atoms with Crippen molar-refractivity contribution in [1.29, 1.82) is 0 Å². The van der Waals surface area contributed by atoms with Crippen LogP contribution in [0.25, 0.3) is 10.9 Å². The number of nitrogens with one attached hydrogen (secondary N) is 2. The van der Waals surface area contributed by atoms with Crippen LogP contribution >= 0.6 is 0 Å². The van der Waals surface area contributed by atoms with E-state index in [0.717, 1.165) is 37.6 Å². The van der Waals surface area contributed by atoms with Crippen molar-refractivity contribution in [2.45, 2.75) is 20.4 Å². The Morgan fingerprint density at radius 1 is 1.20 bits per heavy atom. The average Bonchev–Trinajstić information content (AvgIpc) is 2.87. The van der Waals surface area contributed by atoms with Crippen LogP contribution < -0.4 is 20.4 Å². The van der Waals surface area contributed by atoms with E-state index in [1.807, 2.05) is 19.9 Å². The van der Waals surface area contributed by atoms with Gasteiger partial charge in [0, 0.05) is 51.9 Å². The molecule has 11 heteroatoms. The van der Waals surface area contributed by atoms with Crippen molar-refractivity contribution in [2.75, 3.05) is 54.9 Å². The van der Waals surface area contributed by atoms with Crippen molar-refractivity contribution in [3.8, 4) is 0 Å². The van der Waals surface area contributed by atoms with Crippen LogP contribution in [0, 0.1) is 12.7 Å². The zero-order valence-corrected chi connectivity index (χ0v) is 19.9. The van der Waals surface area contributed by atoms with E-state index in [9.17, 15) is 9.59 Å². The molecule has 0 spiro atoms. The first-order valence-corrected chi connectivity index (χ1v) is 11.6. The zero-order valence-electron chi connectivity index (χ0n) is 19.9. The highest BCUT2D eigenvalue weighted by Crippen LogP contribution is 2.38. The number of piperazine rings is 1. The summed E-state index contributed by atoms with van der Waals surface area (Å²) in [7, 11) is 1.58. The Hall–Kier alpha value is -3.86. The lowest BCUT2D eigenvalue weighted by Gasteiger charge is -2.37. The molecular formula is C24H27FN8O2. The highest BCUT2D eigenvalue weighted by atomic mass is 19.1. The molecule has 182 valence electrons.